The first-order valence-electron chi connectivity index (χ1n) is 8.71. The van der Waals surface area contributed by atoms with Crippen LogP contribution in [0.15, 0.2) is 24.4 Å². The van der Waals surface area contributed by atoms with Crippen LogP contribution in [0.5, 0.6) is 11.5 Å². The smallest absolute Gasteiger partial charge is 0.254 e. The van der Waals surface area contributed by atoms with E-state index in [9.17, 15) is 13.2 Å². The van der Waals surface area contributed by atoms with Crippen LogP contribution in [0.3, 0.4) is 0 Å². The van der Waals surface area contributed by atoms with Gasteiger partial charge in [0.15, 0.2) is 11.5 Å². The highest BCUT2D eigenvalue weighted by Crippen LogP contribution is 2.33. The van der Waals surface area contributed by atoms with Crippen LogP contribution in [0.25, 0.3) is 10.9 Å². The van der Waals surface area contributed by atoms with Crippen molar-refractivity contribution < 1.29 is 22.7 Å². The predicted molar refractivity (Wildman–Crippen MR) is 102 cm³/mol. The first-order chi connectivity index (χ1) is 13.0. The van der Waals surface area contributed by atoms with Gasteiger partial charge in [0.1, 0.15) is 0 Å². The van der Waals surface area contributed by atoms with Gasteiger partial charge in [0.25, 0.3) is 5.91 Å². The number of likely N-dealkylation sites (tertiary alicyclic amines) is 1. The third kappa shape index (κ3) is 4.30. The normalized spacial score (nSPS) is 15.3. The number of benzene rings is 1. The number of carbonyl (C=O) groups excluding carboxylic acids is 1. The number of pyridine rings is 1. The van der Waals surface area contributed by atoms with Gasteiger partial charge in [-0.1, -0.05) is 0 Å². The summed E-state index contributed by atoms with van der Waals surface area (Å²) in [6.07, 6.45) is 3.15. The Morgan fingerprint density at radius 3 is 2.52 bits per heavy atom. The molecular formula is C18H23N3O5S. The molecule has 0 saturated carbocycles. The molecule has 27 heavy (non-hydrogen) atoms. The fraction of sp³-hybridized carbons (Fsp3) is 0.444. The van der Waals surface area contributed by atoms with Crippen molar-refractivity contribution in [1.29, 1.82) is 0 Å². The zero-order chi connectivity index (χ0) is 19.4. The average molecular weight is 393 g/mol. The quantitative estimate of drug-likeness (QED) is 0.716. The summed E-state index contributed by atoms with van der Waals surface area (Å²) in [4.78, 5) is 19.2. The Kier molecular flexibility index (Phi) is 6.12. The molecule has 1 N–H and O–H groups in total. The van der Waals surface area contributed by atoms with Gasteiger partial charge in [0.05, 0.1) is 25.3 Å². The number of nitrogens with one attached hydrogen (secondary N) is 1. The Hall–Kier alpha value is -2.39. The number of aromatic nitrogens is 1. The molecule has 0 spiro atoms. The van der Waals surface area contributed by atoms with Crippen LogP contribution in [0.2, 0.25) is 0 Å². The van der Waals surface area contributed by atoms with Crippen molar-refractivity contribution in [3.05, 3.63) is 30.0 Å². The van der Waals surface area contributed by atoms with E-state index in [1.165, 1.54) is 0 Å². The lowest BCUT2D eigenvalue weighted by Gasteiger charge is -2.32. The summed E-state index contributed by atoms with van der Waals surface area (Å²) in [6.45, 7) is 1.62. The van der Waals surface area contributed by atoms with E-state index in [1.807, 2.05) is 0 Å². The van der Waals surface area contributed by atoms with Crippen molar-refractivity contribution in [2.45, 2.75) is 12.8 Å². The second-order valence-electron chi connectivity index (χ2n) is 6.44. The number of hydrogen-bond acceptors (Lipinski definition) is 6. The minimum absolute atomic E-state index is 0.0593. The standard InChI is InChI=1S/C18H23N3O5S/c1-25-16-9-14-13(3-6-19-15(14)10-17(16)26-2)18(22)21-7-4-12(5-8-21)11-20-27(23)24/h3,6,9-10,12,27H,4-5,7-8,11H2,1-2H3,(H,20,23,24). The average Bonchev–Trinajstić information content (AvgIpc) is 2.70. The highest BCUT2D eigenvalue weighted by Gasteiger charge is 2.25. The number of ether oxygens (including phenoxy) is 2. The second-order valence-corrected chi connectivity index (χ2v) is 7.27. The Morgan fingerprint density at radius 1 is 1.22 bits per heavy atom. The van der Waals surface area contributed by atoms with Crippen LogP contribution in [-0.4, -0.2) is 58.1 Å². The summed E-state index contributed by atoms with van der Waals surface area (Å²) in [6, 6.07) is 5.25. The Labute approximate surface area is 159 Å². The maximum absolute atomic E-state index is 13.1. The summed E-state index contributed by atoms with van der Waals surface area (Å²) >= 11 is 0. The molecule has 1 aromatic carbocycles. The number of amides is 1. The summed E-state index contributed by atoms with van der Waals surface area (Å²) in [5.41, 5.74) is 1.23. The summed E-state index contributed by atoms with van der Waals surface area (Å²) in [7, 11) is 0.534. The van der Waals surface area contributed by atoms with Gasteiger partial charge in [-0.3, -0.25) is 9.78 Å². The van der Waals surface area contributed by atoms with Crippen molar-refractivity contribution >= 4 is 27.7 Å². The Morgan fingerprint density at radius 2 is 1.89 bits per heavy atom. The Balaban J connectivity index is 1.80. The third-order valence-electron chi connectivity index (χ3n) is 4.89. The number of fused-ring (bicyclic) bond motifs is 1. The monoisotopic (exact) mass is 393 g/mol. The van der Waals surface area contributed by atoms with Crippen molar-refractivity contribution in [2.75, 3.05) is 33.9 Å². The van der Waals surface area contributed by atoms with Gasteiger partial charge in [-0.25, -0.2) is 13.1 Å². The molecule has 1 amide bonds. The molecule has 2 aromatic rings. The van der Waals surface area contributed by atoms with Crippen molar-refractivity contribution in [1.82, 2.24) is 14.6 Å². The first kappa shape index (κ1) is 19.4. The van der Waals surface area contributed by atoms with E-state index in [0.29, 0.717) is 47.6 Å². The fourth-order valence-electron chi connectivity index (χ4n) is 3.37. The molecule has 2 heterocycles. The lowest BCUT2D eigenvalue weighted by atomic mass is 9.96. The van der Waals surface area contributed by atoms with Gasteiger partial charge < -0.3 is 14.4 Å². The van der Waals surface area contributed by atoms with E-state index in [2.05, 4.69) is 9.71 Å². The van der Waals surface area contributed by atoms with E-state index < -0.39 is 10.9 Å². The number of methoxy groups -OCH3 is 2. The van der Waals surface area contributed by atoms with E-state index in [1.54, 1.807) is 43.5 Å². The van der Waals surface area contributed by atoms with Gasteiger partial charge in [0.2, 0.25) is 10.9 Å². The van der Waals surface area contributed by atoms with E-state index in [-0.39, 0.29) is 11.8 Å². The highest BCUT2D eigenvalue weighted by molar-refractivity contribution is 7.70. The van der Waals surface area contributed by atoms with Crippen LogP contribution in [0, 0.1) is 5.92 Å². The minimum Gasteiger partial charge on any atom is -0.493 e. The topological polar surface area (TPSA) is 97.8 Å². The SMILES string of the molecule is COc1cc2nccc(C(=O)N3CCC(CN[SH](=O)=O)CC3)c2cc1OC. The summed E-state index contributed by atoms with van der Waals surface area (Å²) < 4.78 is 34.4. The van der Waals surface area contributed by atoms with E-state index in [4.69, 9.17) is 9.47 Å². The molecule has 1 saturated heterocycles. The van der Waals surface area contributed by atoms with Crippen LogP contribution >= 0.6 is 0 Å². The number of nitrogens with zero attached hydrogens (tertiary/aromatic N) is 2. The van der Waals surface area contributed by atoms with Crippen LogP contribution in [0.4, 0.5) is 0 Å². The second kappa shape index (κ2) is 8.53. The number of rotatable bonds is 6. The van der Waals surface area contributed by atoms with Crippen molar-refractivity contribution in [3.8, 4) is 11.5 Å². The molecule has 146 valence electrons. The van der Waals surface area contributed by atoms with Gasteiger partial charge in [0, 0.05) is 37.3 Å². The molecule has 0 aliphatic carbocycles. The maximum Gasteiger partial charge on any atom is 0.254 e. The van der Waals surface area contributed by atoms with Gasteiger partial charge in [-0.05, 0) is 30.9 Å². The molecule has 1 aromatic heterocycles. The lowest BCUT2D eigenvalue weighted by Crippen LogP contribution is -2.40. The lowest BCUT2D eigenvalue weighted by molar-refractivity contribution is 0.0694. The largest absolute Gasteiger partial charge is 0.493 e. The molecule has 1 aliphatic heterocycles. The van der Waals surface area contributed by atoms with Crippen LogP contribution in [-0.2, 0) is 10.9 Å². The molecular weight excluding hydrogens is 370 g/mol. The maximum atomic E-state index is 13.1. The molecule has 1 aliphatic rings. The van der Waals surface area contributed by atoms with Gasteiger partial charge >= 0.3 is 0 Å². The molecule has 0 bridgehead atoms. The predicted octanol–water partition coefficient (Wildman–Crippen LogP) is 1.22. The van der Waals surface area contributed by atoms with Crippen molar-refractivity contribution in [2.24, 2.45) is 5.92 Å². The van der Waals surface area contributed by atoms with Crippen molar-refractivity contribution in [3.63, 3.8) is 0 Å². The zero-order valence-electron chi connectivity index (χ0n) is 15.3. The molecule has 8 nitrogen and oxygen atoms in total. The number of thiol groups is 1. The molecule has 0 atom stereocenters. The van der Waals surface area contributed by atoms with Crippen LogP contribution < -0.4 is 14.2 Å². The van der Waals surface area contributed by atoms with E-state index >= 15 is 0 Å². The fourth-order valence-corrected chi connectivity index (χ4v) is 3.78. The molecule has 9 heteroatoms. The van der Waals surface area contributed by atoms with Gasteiger partial charge in [-0.2, -0.15) is 0 Å². The number of carbonyl (C=O) groups is 1. The van der Waals surface area contributed by atoms with Gasteiger partial charge in [-0.15, -0.1) is 0 Å². The highest BCUT2D eigenvalue weighted by atomic mass is 32.2. The third-order valence-corrected chi connectivity index (χ3v) is 5.33. The summed E-state index contributed by atoms with van der Waals surface area (Å²) in [5.74, 6) is 1.30. The zero-order valence-corrected chi connectivity index (χ0v) is 16.2. The molecule has 0 unspecified atom stereocenters. The molecule has 0 radical (unpaired) electrons. The Bertz CT molecular complexity index is 899. The molecule has 3 rings (SSSR count). The number of hydrogen-bond donors (Lipinski definition) is 2. The summed E-state index contributed by atoms with van der Waals surface area (Å²) in [5, 5.41) is 0.715. The molecule has 1 fully saturated rings. The minimum atomic E-state index is -2.57. The number of piperidine rings is 1. The van der Waals surface area contributed by atoms with Crippen LogP contribution in [0.1, 0.15) is 23.2 Å². The van der Waals surface area contributed by atoms with E-state index in [0.717, 1.165) is 12.8 Å². The first-order valence-corrected chi connectivity index (χ1v) is 9.89.